The summed E-state index contributed by atoms with van der Waals surface area (Å²) in [5.74, 6) is 0. The van der Waals surface area contributed by atoms with Crippen LogP contribution in [0.25, 0.3) is 0 Å². The molecule has 2 aromatic rings. The molecule has 0 aliphatic heterocycles. The maximum atomic E-state index is 12.2. The molecular weight excluding hydrogens is 486 g/mol. The van der Waals surface area contributed by atoms with Gasteiger partial charge in [0, 0.05) is 9.80 Å². The molecule has 1 atom stereocenters. The van der Waals surface area contributed by atoms with Crippen LogP contribution < -0.4 is 5.32 Å². The van der Waals surface area contributed by atoms with Crippen LogP contribution in [0.4, 0.5) is 4.79 Å². The molecule has 2 rings (SSSR count). The van der Waals surface area contributed by atoms with Gasteiger partial charge in [-0.15, -0.1) is 0 Å². The Hall–Kier alpha value is -1.37. The summed E-state index contributed by atoms with van der Waals surface area (Å²) >= 11 is 6.95. The van der Waals surface area contributed by atoms with Gasteiger partial charge in [0.25, 0.3) is 0 Å². The Kier molecular flexibility index (Phi) is 8.99. The van der Waals surface area contributed by atoms with Gasteiger partial charge >= 0.3 is 6.09 Å². The van der Waals surface area contributed by atoms with Crippen LogP contribution in [0.3, 0.4) is 0 Å². The quantitative estimate of drug-likeness (QED) is 0.441. The van der Waals surface area contributed by atoms with Crippen molar-refractivity contribution < 1.29 is 14.3 Å². The van der Waals surface area contributed by atoms with Crippen molar-refractivity contribution in [2.45, 2.75) is 50.8 Å². The Bertz CT molecular complexity index is 757. The van der Waals surface area contributed by atoms with Gasteiger partial charge in [-0.2, -0.15) is 0 Å². The molecule has 0 spiro atoms. The van der Waals surface area contributed by atoms with Crippen LogP contribution in [-0.2, 0) is 27.8 Å². The predicted octanol–water partition coefficient (Wildman–Crippen LogP) is 6.00. The first kappa shape index (κ1) is 22.9. The summed E-state index contributed by atoms with van der Waals surface area (Å²) in [5.41, 5.74) is 2.92. The lowest BCUT2D eigenvalue weighted by atomic mass is 10.1. The minimum atomic E-state index is -0.540. The first-order valence-corrected chi connectivity index (χ1v) is 11.1. The zero-order valence-corrected chi connectivity index (χ0v) is 19.7. The van der Waals surface area contributed by atoms with Crippen molar-refractivity contribution in [1.29, 1.82) is 0 Å². The summed E-state index contributed by atoms with van der Waals surface area (Å²) in [6.45, 7) is 6.44. The van der Waals surface area contributed by atoms with Crippen LogP contribution in [-0.4, -0.2) is 24.3 Å². The number of hydrogen-bond donors (Lipinski definition) is 1. The van der Waals surface area contributed by atoms with Crippen molar-refractivity contribution in [3.63, 3.8) is 0 Å². The van der Waals surface area contributed by atoms with Crippen LogP contribution in [0.15, 0.2) is 53.0 Å². The molecule has 0 bridgehead atoms. The van der Waals surface area contributed by atoms with Crippen molar-refractivity contribution in [3.05, 3.63) is 69.7 Å². The number of benzene rings is 2. The van der Waals surface area contributed by atoms with E-state index >= 15 is 0 Å². The van der Waals surface area contributed by atoms with Crippen molar-refractivity contribution in [1.82, 2.24) is 5.32 Å². The van der Waals surface area contributed by atoms with E-state index in [0.29, 0.717) is 19.6 Å². The summed E-state index contributed by atoms with van der Waals surface area (Å²) in [6.07, 6.45) is 0.228. The molecule has 1 amide bonds. The number of nitrogens with one attached hydrogen (secondary N) is 1. The van der Waals surface area contributed by atoms with Gasteiger partial charge in [0.05, 0.1) is 19.3 Å². The van der Waals surface area contributed by atoms with E-state index in [2.05, 4.69) is 49.3 Å². The fourth-order valence-electron chi connectivity index (χ4n) is 2.67. The monoisotopic (exact) mass is 511 g/mol. The molecule has 2 aromatic carbocycles. The minimum Gasteiger partial charge on any atom is -0.444 e. The van der Waals surface area contributed by atoms with Crippen LogP contribution >= 0.6 is 31.9 Å². The number of rotatable bonds is 8. The Morgan fingerprint density at radius 1 is 1.07 bits per heavy atom. The number of carbonyl (C=O) groups is 1. The van der Waals surface area contributed by atoms with Gasteiger partial charge in [-0.1, -0.05) is 68.3 Å². The van der Waals surface area contributed by atoms with E-state index in [1.54, 1.807) is 0 Å². The van der Waals surface area contributed by atoms with Crippen molar-refractivity contribution in [2.75, 3.05) is 6.61 Å². The number of halogens is 2. The maximum absolute atomic E-state index is 12.2. The molecule has 0 aliphatic carbocycles. The average molecular weight is 513 g/mol. The fourth-order valence-corrected chi connectivity index (χ4v) is 3.48. The molecule has 0 fully saturated rings. The standard InChI is InChI=1S/C22H27Br2NO3/c1-22(2,3)28-21(26)25-20(12-16-8-10-19(24)11-9-16)15-27-14-18-7-5-4-6-17(18)13-23/h4-11,20H,12-15H2,1-3H3,(H,25,26). The Labute approximate surface area is 184 Å². The smallest absolute Gasteiger partial charge is 0.407 e. The number of hydrogen-bond acceptors (Lipinski definition) is 3. The maximum Gasteiger partial charge on any atom is 0.407 e. The first-order chi connectivity index (χ1) is 13.3. The van der Waals surface area contributed by atoms with Gasteiger partial charge in [-0.05, 0) is 56.0 Å². The molecule has 28 heavy (non-hydrogen) atoms. The van der Waals surface area contributed by atoms with E-state index in [-0.39, 0.29) is 6.04 Å². The lowest BCUT2D eigenvalue weighted by Gasteiger charge is -2.24. The third kappa shape index (κ3) is 8.33. The van der Waals surface area contributed by atoms with E-state index in [1.165, 1.54) is 5.56 Å². The van der Waals surface area contributed by atoms with Crippen molar-refractivity contribution in [3.8, 4) is 0 Å². The molecule has 0 saturated carbocycles. The molecule has 0 aliphatic rings. The third-order valence-corrected chi connectivity index (χ3v) is 5.09. The Balaban J connectivity index is 2.00. The van der Waals surface area contributed by atoms with E-state index in [1.807, 2.05) is 57.2 Å². The molecule has 1 unspecified atom stereocenters. The van der Waals surface area contributed by atoms with Gasteiger partial charge in [0.15, 0.2) is 0 Å². The molecule has 0 saturated heterocycles. The van der Waals surface area contributed by atoms with Crippen molar-refractivity contribution in [2.24, 2.45) is 0 Å². The van der Waals surface area contributed by atoms with E-state index < -0.39 is 11.7 Å². The van der Waals surface area contributed by atoms with Gasteiger partial charge in [-0.3, -0.25) is 0 Å². The van der Waals surface area contributed by atoms with Crippen molar-refractivity contribution >= 4 is 38.0 Å². The first-order valence-electron chi connectivity index (χ1n) is 9.21. The third-order valence-electron chi connectivity index (χ3n) is 3.96. The van der Waals surface area contributed by atoms with Gasteiger partial charge in [0.1, 0.15) is 5.60 Å². The Morgan fingerprint density at radius 3 is 2.32 bits per heavy atom. The number of alkyl halides is 1. The van der Waals surface area contributed by atoms with Crippen LogP contribution in [0.5, 0.6) is 0 Å². The van der Waals surface area contributed by atoms with Gasteiger partial charge in [-0.25, -0.2) is 4.79 Å². The highest BCUT2D eigenvalue weighted by molar-refractivity contribution is 9.10. The average Bonchev–Trinajstić information content (AvgIpc) is 2.62. The molecule has 1 N–H and O–H groups in total. The second-order valence-corrected chi connectivity index (χ2v) is 9.07. The SMILES string of the molecule is CC(C)(C)OC(=O)NC(COCc1ccccc1CBr)Cc1ccc(Br)cc1. The molecular formula is C22H27Br2NO3. The lowest BCUT2D eigenvalue weighted by molar-refractivity contribution is 0.0429. The van der Waals surface area contributed by atoms with Crippen LogP contribution in [0.1, 0.15) is 37.5 Å². The second-order valence-electron chi connectivity index (χ2n) is 7.59. The molecule has 6 heteroatoms. The largest absolute Gasteiger partial charge is 0.444 e. The topological polar surface area (TPSA) is 47.6 Å². The summed E-state index contributed by atoms with van der Waals surface area (Å²) < 4.78 is 12.4. The summed E-state index contributed by atoms with van der Waals surface area (Å²) in [6, 6.07) is 16.0. The highest BCUT2D eigenvalue weighted by Crippen LogP contribution is 2.15. The molecule has 0 aromatic heterocycles. The zero-order valence-electron chi connectivity index (χ0n) is 16.5. The summed E-state index contributed by atoms with van der Waals surface area (Å²) in [5, 5.41) is 3.73. The second kappa shape index (κ2) is 11.0. The van der Waals surface area contributed by atoms with Crippen LogP contribution in [0.2, 0.25) is 0 Å². The molecule has 152 valence electrons. The molecule has 0 heterocycles. The predicted molar refractivity (Wildman–Crippen MR) is 120 cm³/mol. The molecule has 0 radical (unpaired) electrons. The highest BCUT2D eigenvalue weighted by atomic mass is 79.9. The van der Waals surface area contributed by atoms with E-state index in [0.717, 1.165) is 20.9 Å². The number of ether oxygens (including phenoxy) is 2. The van der Waals surface area contributed by atoms with Crippen LogP contribution in [0, 0.1) is 0 Å². The summed E-state index contributed by atoms with van der Waals surface area (Å²) in [4.78, 5) is 12.2. The highest BCUT2D eigenvalue weighted by Gasteiger charge is 2.20. The minimum absolute atomic E-state index is 0.188. The Morgan fingerprint density at radius 2 is 1.71 bits per heavy atom. The lowest BCUT2D eigenvalue weighted by Crippen LogP contribution is -2.42. The van der Waals surface area contributed by atoms with E-state index in [9.17, 15) is 4.79 Å². The van der Waals surface area contributed by atoms with E-state index in [4.69, 9.17) is 9.47 Å². The number of alkyl carbamates (subject to hydrolysis) is 1. The number of carbonyl (C=O) groups excluding carboxylic acids is 1. The number of amides is 1. The fraction of sp³-hybridized carbons (Fsp3) is 0.409. The zero-order chi connectivity index (χ0) is 20.6. The normalized spacial score (nSPS) is 12.5. The van der Waals surface area contributed by atoms with Gasteiger partial charge in [0.2, 0.25) is 0 Å². The molecule has 4 nitrogen and oxygen atoms in total. The van der Waals surface area contributed by atoms with Gasteiger partial charge < -0.3 is 14.8 Å². The summed E-state index contributed by atoms with van der Waals surface area (Å²) in [7, 11) is 0.